The number of anilines is 1. The van der Waals surface area contributed by atoms with Crippen LogP contribution in [0.5, 0.6) is 5.88 Å². The quantitative estimate of drug-likeness (QED) is 0.259. The minimum atomic E-state index is -4.89. The number of ether oxygens (including phenoxy) is 2. The van der Waals surface area contributed by atoms with Gasteiger partial charge in [0.2, 0.25) is 17.5 Å². The number of likely N-dealkylation sites (tertiary alicyclic amines) is 1. The van der Waals surface area contributed by atoms with E-state index in [1.54, 1.807) is 39.5 Å². The number of nitrogens with zero attached hydrogens (tertiary/aromatic N) is 5. The first-order valence-electron chi connectivity index (χ1n) is 16.9. The van der Waals surface area contributed by atoms with E-state index in [1.807, 2.05) is 0 Å². The van der Waals surface area contributed by atoms with Gasteiger partial charge in [-0.1, -0.05) is 0 Å². The summed E-state index contributed by atoms with van der Waals surface area (Å²) in [5, 5.41) is 11.0. The number of amides is 3. The zero-order chi connectivity index (χ0) is 38.3. The molecule has 1 aliphatic carbocycles. The van der Waals surface area contributed by atoms with Crippen LogP contribution in [0, 0.1) is 17.1 Å². The number of carbonyl (C=O) groups excluding carboxylic acids is 3. The van der Waals surface area contributed by atoms with Crippen LogP contribution in [0.3, 0.4) is 0 Å². The normalized spacial score (nSPS) is 21.9. The van der Waals surface area contributed by atoms with Crippen LogP contribution in [0.15, 0.2) is 22.8 Å². The Morgan fingerprint density at radius 1 is 1.17 bits per heavy atom. The van der Waals surface area contributed by atoms with Crippen LogP contribution in [-0.4, -0.2) is 93.4 Å². The Balaban J connectivity index is 1.22. The number of hydrogen-bond acceptors (Lipinski definition) is 11. The van der Waals surface area contributed by atoms with E-state index in [1.165, 1.54) is 23.0 Å². The molecule has 3 atom stereocenters. The molecule has 3 aliphatic rings. The second kappa shape index (κ2) is 14.3. The number of piperidine rings is 1. The van der Waals surface area contributed by atoms with Gasteiger partial charge in [-0.2, -0.15) is 18.2 Å². The highest BCUT2D eigenvalue weighted by atomic mass is 19.4. The fourth-order valence-electron chi connectivity index (χ4n) is 6.83. The molecule has 18 heteroatoms. The molecule has 2 aromatic rings. The summed E-state index contributed by atoms with van der Waals surface area (Å²) < 4.78 is 72.3. The number of nitrogens with two attached hydrogens (primary N) is 1. The van der Waals surface area contributed by atoms with E-state index in [2.05, 4.69) is 15.3 Å². The van der Waals surface area contributed by atoms with Crippen molar-refractivity contribution in [3.63, 3.8) is 0 Å². The highest BCUT2D eigenvalue weighted by Gasteiger charge is 2.55. The molecule has 1 saturated carbocycles. The molecule has 52 heavy (non-hydrogen) atoms. The Bertz CT molecular complexity index is 1740. The summed E-state index contributed by atoms with van der Waals surface area (Å²) in [4.78, 5) is 51.9. The number of methoxy groups -OCH3 is 1. The van der Waals surface area contributed by atoms with Crippen LogP contribution in [-0.2, 0) is 27.0 Å². The molecule has 14 nitrogen and oxygen atoms in total. The third-order valence-corrected chi connectivity index (χ3v) is 9.39. The second-order valence-corrected chi connectivity index (χ2v) is 14.6. The molecule has 0 aromatic carbocycles. The molecule has 4 heterocycles. The van der Waals surface area contributed by atoms with Gasteiger partial charge in [-0.3, -0.25) is 19.9 Å². The van der Waals surface area contributed by atoms with Crippen molar-refractivity contribution < 1.29 is 45.8 Å². The molecule has 2 aromatic heterocycles. The average Bonchev–Trinajstić information content (AvgIpc) is 3.65. The fraction of sp³-hybridized carbons (Fsp3) is 0.588. The zero-order valence-electron chi connectivity index (χ0n) is 29.9. The smallest absolute Gasteiger partial charge is 0.451 e. The number of piperazine rings is 1. The molecule has 284 valence electrons. The van der Waals surface area contributed by atoms with Crippen molar-refractivity contribution in [3.8, 4) is 5.88 Å². The van der Waals surface area contributed by atoms with Gasteiger partial charge in [0.05, 0.1) is 31.9 Å². The number of hydrogen-bond donors (Lipinski definition) is 3. The van der Waals surface area contributed by atoms with E-state index in [0.717, 1.165) is 12.3 Å². The number of aromatic nitrogens is 2. The maximum absolute atomic E-state index is 14.3. The summed E-state index contributed by atoms with van der Waals surface area (Å²) in [7, 11) is 1.35. The predicted molar refractivity (Wildman–Crippen MR) is 180 cm³/mol. The number of pyridine rings is 1. The third-order valence-electron chi connectivity index (χ3n) is 9.39. The second-order valence-electron chi connectivity index (χ2n) is 14.6. The van der Waals surface area contributed by atoms with Crippen LogP contribution in [0.1, 0.15) is 77.3 Å². The van der Waals surface area contributed by atoms with E-state index < -0.39 is 82.8 Å². The topological polar surface area (TPSA) is 180 Å². The Kier molecular flexibility index (Phi) is 10.5. The standard InChI is InChI=1S/C34H44F4N8O6/c1-18-16-44(17-19(2)46(18)31(49)52-32(3,4)5)30-43-25(27(51-30)34(36,37)38)15-42-28(47)20-7-10-45(33(13-20)8-9-33)29(48)24(40)12-23(39)21-11-26(50-6)41-14-22(21)35/h11-12,14,18-20,40H,7-10,13,15-17,39H2,1-6H3,(H,42,47)/b23-12-,40-24?/t18-,19+,20-/m0/s1. The minimum Gasteiger partial charge on any atom is -0.481 e. The summed E-state index contributed by atoms with van der Waals surface area (Å²) in [6.07, 6.45) is -1.83. The molecule has 5 rings (SSSR count). The molecule has 0 radical (unpaired) electrons. The molecular formula is C34H44F4N8O6. The van der Waals surface area contributed by atoms with Gasteiger partial charge in [-0.25, -0.2) is 14.2 Å². The van der Waals surface area contributed by atoms with Crippen molar-refractivity contribution in [3.05, 3.63) is 41.2 Å². The first-order valence-corrected chi connectivity index (χ1v) is 16.9. The van der Waals surface area contributed by atoms with Crippen molar-refractivity contribution in [2.45, 2.75) is 96.2 Å². The molecule has 2 saturated heterocycles. The number of halogens is 4. The highest BCUT2D eigenvalue weighted by Crippen LogP contribution is 2.50. The van der Waals surface area contributed by atoms with Crippen LogP contribution in [0.25, 0.3) is 5.70 Å². The van der Waals surface area contributed by atoms with E-state index in [9.17, 15) is 31.9 Å². The van der Waals surface area contributed by atoms with Crippen LogP contribution in [0.4, 0.5) is 28.4 Å². The molecule has 3 fully saturated rings. The largest absolute Gasteiger partial charge is 0.481 e. The van der Waals surface area contributed by atoms with Crippen molar-refractivity contribution in [2.24, 2.45) is 11.7 Å². The first kappa shape index (κ1) is 38.3. The molecule has 3 amide bonds. The van der Waals surface area contributed by atoms with Gasteiger partial charge in [0.1, 0.15) is 17.0 Å². The van der Waals surface area contributed by atoms with Gasteiger partial charge in [0.15, 0.2) is 5.82 Å². The highest BCUT2D eigenvalue weighted by molar-refractivity contribution is 6.43. The summed E-state index contributed by atoms with van der Waals surface area (Å²) in [5.74, 6) is -3.73. The van der Waals surface area contributed by atoms with E-state index >= 15 is 0 Å². The van der Waals surface area contributed by atoms with Gasteiger partial charge < -0.3 is 34.7 Å². The van der Waals surface area contributed by atoms with Crippen LogP contribution < -0.4 is 20.7 Å². The van der Waals surface area contributed by atoms with Crippen LogP contribution in [0.2, 0.25) is 0 Å². The van der Waals surface area contributed by atoms with E-state index in [0.29, 0.717) is 12.8 Å². The summed E-state index contributed by atoms with van der Waals surface area (Å²) in [6, 6.07) is 0.117. The minimum absolute atomic E-state index is 0.0845. The van der Waals surface area contributed by atoms with E-state index in [4.69, 9.17) is 25.0 Å². The molecule has 0 bridgehead atoms. The Labute approximate surface area is 298 Å². The SMILES string of the molecule is COc1cc(/C(N)=C/C(=N)C(=O)N2CC[C@H](C(=O)NCc3nc(N4C[C@@H](C)N(C(=O)OC(C)(C)C)[C@@H](C)C4)oc3C(F)(F)F)CC23CC3)c(F)cn1. The fourth-order valence-corrected chi connectivity index (χ4v) is 6.83. The number of nitrogens with one attached hydrogen (secondary N) is 2. The van der Waals surface area contributed by atoms with Gasteiger partial charge in [-0.05, 0) is 66.4 Å². The Morgan fingerprint density at radius 2 is 1.83 bits per heavy atom. The van der Waals surface area contributed by atoms with Gasteiger partial charge >= 0.3 is 12.3 Å². The summed E-state index contributed by atoms with van der Waals surface area (Å²) in [5.41, 5.74) is 3.39. The molecule has 0 unspecified atom stereocenters. The summed E-state index contributed by atoms with van der Waals surface area (Å²) in [6.45, 7) is 8.60. The maximum atomic E-state index is 14.3. The van der Waals surface area contributed by atoms with Gasteiger partial charge in [0.25, 0.3) is 11.9 Å². The lowest BCUT2D eigenvalue weighted by atomic mass is 9.87. The third kappa shape index (κ3) is 8.25. The lowest BCUT2D eigenvalue weighted by molar-refractivity contribution is -0.153. The monoisotopic (exact) mass is 736 g/mol. The molecular weight excluding hydrogens is 692 g/mol. The number of oxazole rings is 1. The lowest BCUT2D eigenvalue weighted by Gasteiger charge is -2.43. The zero-order valence-corrected chi connectivity index (χ0v) is 29.9. The molecule has 1 spiro atoms. The maximum Gasteiger partial charge on any atom is 0.451 e. The van der Waals surface area contributed by atoms with Gasteiger partial charge in [-0.15, -0.1) is 0 Å². The van der Waals surface area contributed by atoms with E-state index in [-0.39, 0.29) is 55.6 Å². The average molecular weight is 737 g/mol. The summed E-state index contributed by atoms with van der Waals surface area (Å²) >= 11 is 0. The predicted octanol–water partition coefficient (Wildman–Crippen LogP) is 4.48. The van der Waals surface area contributed by atoms with Crippen LogP contribution >= 0.6 is 0 Å². The molecule has 4 N–H and O–H groups in total. The first-order chi connectivity index (χ1) is 24.2. The Hall–Kier alpha value is -4.90. The molecule has 2 aliphatic heterocycles. The number of alkyl halides is 3. The Morgan fingerprint density at radius 3 is 2.40 bits per heavy atom. The van der Waals surface area contributed by atoms with Crippen molar-refractivity contribution in [1.29, 1.82) is 5.41 Å². The van der Waals surface area contributed by atoms with Crippen molar-refractivity contribution in [1.82, 2.24) is 25.1 Å². The number of carbonyl (C=O) groups is 3. The van der Waals surface area contributed by atoms with Gasteiger partial charge in [0, 0.05) is 48.4 Å². The van der Waals surface area contributed by atoms with Crippen molar-refractivity contribution in [2.75, 3.05) is 31.6 Å². The lowest BCUT2D eigenvalue weighted by Crippen LogP contribution is -2.59. The van der Waals surface area contributed by atoms with Crippen molar-refractivity contribution >= 4 is 35.3 Å². The number of rotatable bonds is 8.